The van der Waals surface area contributed by atoms with Crippen LogP contribution in [0.4, 0.5) is 10.5 Å². The molecule has 3 aromatic rings. The lowest BCUT2D eigenvalue weighted by Crippen LogP contribution is -2.54. The highest BCUT2D eigenvalue weighted by molar-refractivity contribution is 6.00. The average molecular weight is 584 g/mol. The Morgan fingerprint density at radius 1 is 0.884 bits per heavy atom. The van der Waals surface area contributed by atoms with Crippen molar-refractivity contribution in [2.75, 3.05) is 5.32 Å². The van der Waals surface area contributed by atoms with Crippen LogP contribution in [0.2, 0.25) is 0 Å². The van der Waals surface area contributed by atoms with E-state index in [1.54, 1.807) is 25.7 Å². The maximum absolute atomic E-state index is 14.8. The first-order valence-electron chi connectivity index (χ1n) is 15.1. The number of aryl methyl sites for hydroxylation is 3. The Labute approximate surface area is 256 Å². The Balaban J connectivity index is 1.80. The van der Waals surface area contributed by atoms with E-state index in [0.29, 0.717) is 0 Å². The van der Waals surface area contributed by atoms with Crippen LogP contribution in [-0.2, 0) is 20.7 Å². The summed E-state index contributed by atoms with van der Waals surface area (Å²) < 4.78 is 5.57. The largest absolute Gasteiger partial charge is 0.444 e. The minimum absolute atomic E-state index is 0.153. The number of benzene rings is 3. The Kier molecular flexibility index (Phi) is 9.63. The van der Waals surface area contributed by atoms with Gasteiger partial charge in [-0.2, -0.15) is 0 Å². The molecule has 0 bridgehead atoms. The first-order valence-corrected chi connectivity index (χ1v) is 15.1. The van der Waals surface area contributed by atoms with E-state index in [9.17, 15) is 14.4 Å². The van der Waals surface area contributed by atoms with Crippen molar-refractivity contribution in [1.29, 1.82) is 0 Å². The highest BCUT2D eigenvalue weighted by Gasteiger charge is 2.48. The summed E-state index contributed by atoms with van der Waals surface area (Å²) in [4.78, 5) is 44.0. The summed E-state index contributed by atoms with van der Waals surface area (Å²) in [5.74, 6) is -0.385. The van der Waals surface area contributed by atoms with Crippen LogP contribution in [0.3, 0.4) is 0 Å². The highest BCUT2D eigenvalue weighted by atomic mass is 16.6. The molecule has 0 radical (unpaired) electrons. The van der Waals surface area contributed by atoms with Crippen molar-refractivity contribution in [2.24, 2.45) is 5.92 Å². The molecule has 1 aliphatic rings. The molecule has 4 atom stereocenters. The van der Waals surface area contributed by atoms with Gasteiger partial charge in [0.05, 0.1) is 0 Å². The molecule has 1 saturated carbocycles. The van der Waals surface area contributed by atoms with Gasteiger partial charge < -0.3 is 20.3 Å². The Morgan fingerprint density at radius 3 is 2.05 bits per heavy atom. The van der Waals surface area contributed by atoms with Gasteiger partial charge in [0.15, 0.2) is 0 Å². The number of anilines is 1. The molecule has 4 unspecified atom stereocenters. The van der Waals surface area contributed by atoms with Crippen LogP contribution < -0.4 is 10.6 Å². The average Bonchev–Trinajstić information content (AvgIpc) is 3.65. The van der Waals surface area contributed by atoms with Crippen LogP contribution in [-0.4, -0.2) is 40.5 Å². The molecule has 0 aliphatic heterocycles. The van der Waals surface area contributed by atoms with Crippen molar-refractivity contribution < 1.29 is 19.1 Å². The van der Waals surface area contributed by atoms with Gasteiger partial charge in [-0.3, -0.25) is 9.59 Å². The summed E-state index contributed by atoms with van der Waals surface area (Å²) >= 11 is 0. The van der Waals surface area contributed by atoms with Crippen LogP contribution >= 0.6 is 0 Å². The monoisotopic (exact) mass is 583 g/mol. The Hall–Kier alpha value is -4.13. The fourth-order valence-electron chi connectivity index (χ4n) is 5.54. The normalized spacial score (nSPS) is 17.4. The van der Waals surface area contributed by atoms with Crippen molar-refractivity contribution in [3.8, 4) is 0 Å². The number of amides is 3. The third kappa shape index (κ3) is 7.83. The van der Waals surface area contributed by atoms with Crippen LogP contribution in [0.25, 0.3) is 0 Å². The molecule has 4 rings (SSSR count). The summed E-state index contributed by atoms with van der Waals surface area (Å²) in [5, 5.41) is 6.03. The number of nitrogens with one attached hydrogen (secondary N) is 2. The molecule has 228 valence electrons. The quantitative estimate of drug-likeness (QED) is 0.285. The molecular formula is C36H45N3O4. The number of rotatable bonds is 9. The second-order valence-electron chi connectivity index (χ2n) is 12.9. The molecule has 7 heteroatoms. The smallest absolute Gasteiger partial charge is 0.408 e. The molecule has 0 aromatic heterocycles. The summed E-state index contributed by atoms with van der Waals surface area (Å²) in [5.41, 5.74) is 5.55. The van der Waals surface area contributed by atoms with Gasteiger partial charge in [0.1, 0.15) is 17.7 Å². The molecule has 1 aliphatic carbocycles. The van der Waals surface area contributed by atoms with Gasteiger partial charge in [0, 0.05) is 18.2 Å². The molecule has 3 amide bonds. The van der Waals surface area contributed by atoms with Gasteiger partial charge in [-0.15, -0.1) is 0 Å². The van der Waals surface area contributed by atoms with Gasteiger partial charge in [-0.05, 0) is 94.2 Å². The minimum atomic E-state index is -0.939. The number of carbonyl (C=O) groups excluding carboxylic acids is 3. The number of alkyl carbamates (subject to hydrolysis) is 1. The first kappa shape index (κ1) is 31.8. The number of nitrogens with zero attached hydrogens (tertiary/aromatic N) is 1. The molecular weight excluding hydrogens is 538 g/mol. The number of hydrogen-bond donors (Lipinski definition) is 2. The van der Waals surface area contributed by atoms with Gasteiger partial charge in [0.25, 0.3) is 5.91 Å². The predicted octanol–water partition coefficient (Wildman–Crippen LogP) is 6.97. The van der Waals surface area contributed by atoms with Crippen molar-refractivity contribution in [3.05, 3.63) is 100 Å². The summed E-state index contributed by atoms with van der Waals surface area (Å²) in [7, 11) is 0. The molecule has 0 saturated heterocycles. The van der Waals surface area contributed by atoms with Crippen molar-refractivity contribution in [1.82, 2.24) is 10.2 Å². The Morgan fingerprint density at radius 2 is 1.47 bits per heavy atom. The van der Waals surface area contributed by atoms with Crippen molar-refractivity contribution in [3.63, 3.8) is 0 Å². The summed E-state index contributed by atoms with van der Waals surface area (Å²) in [6.07, 6.45) is 0.358. The molecule has 1 fully saturated rings. The lowest BCUT2D eigenvalue weighted by Gasteiger charge is -2.36. The van der Waals surface area contributed by atoms with Crippen LogP contribution in [0.5, 0.6) is 0 Å². The summed E-state index contributed by atoms with van der Waals surface area (Å²) in [6, 6.07) is 19.3. The first-order chi connectivity index (χ1) is 20.3. The highest BCUT2D eigenvalue weighted by Crippen LogP contribution is 2.42. The van der Waals surface area contributed by atoms with E-state index in [4.69, 9.17) is 4.74 Å². The number of ether oxygens (including phenoxy) is 1. The van der Waals surface area contributed by atoms with E-state index in [2.05, 4.69) is 17.6 Å². The third-order valence-corrected chi connectivity index (χ3v) is 8.15. The van der Waals surface area contributed by atoms with Crippen molar-refractivity contribution >= 4 is 23.6 Å². The summed E-state index contributed by atoms with van der Waals surface area (Å²) in [6.45, 7) is 15.4. The molecule has 43 heavy (non-hydrogen) atoms. The molecule has 7 nitrogen and oxygen atoms in total. The maximum Gasteiger partial charge on any atom is 0.408 e. The van der Waals surface area contributed by atoms with E-state index in [1.807, 2.05) is 94.4 Å². The van der Waals surface area contributed by atoms with Crippen LogP contribution in [0.15, 0.2) is 66.7 Å². The lowest BCUT2D eigenvalue weighted by atomic mass is 9.94. The second-order valence-corrected chi connectivity index (χ2v) is 12.9. The van der Waals surface area contributed by atoms with E-state index in [0.717, 1.165) is 45.5 Å². The second kappa shape index (κ2) is 13.0. The number of para-hydroxylation sites is 1. The van der Waals surface area contributed by atoms with Crippen molar-refractivity contribution in [2.45, 2.75) is 92.0 Å². The fourth-order valence-corrected chi connectivity index (χ4v) is 5.54. The maximum atomic E-state index is 14.8. The van der Waals surface area contributed by atoms with E-state index in [1.165, 1.54) is 0 Å². The third-order valence-electron chi connectivity index (χ3n) is 8.15. The zero-order chi connectivity index (χ0) is 31.5. The zero-order valence-corrected chi connectivity index (χ0v) is 26.7. The van der Waals surface area contributed by atoms with Crippen LogP contribution in [0, 0.1) is 33.6 Å². The predicted molar refractivity (Wildman–Crippen MR) is 171 cm³/mol. The number of carbonyl (C=O) groups is 3. The molecule has 3 aromatic carbocycles. The van der Waals surface area contributed by atoms with E-state index >= 15 is 0 Å². The fraction of sp³-hybridized carbons (Fsp3) is 0.417. The van der Waals surface area contributed by atoms with E-state index in [-0.39, 0.29) is 30.2 Å². The van der Waals surface area contributed by atoms with Gasteiger partial charge in [-0.1, -0.05) is 73.7 Å². The lowest BCUT2D eigenvalue weighted by molar-refractivity contribution is -0.141. The molecule has 0 heterocycles. The molecule has 0 spiro atoms. The van der Waals surface area contributed by atoms with E-state index < -0.39 is 23.8 Å². The minimum Gasteiger partial charge on any atom is -0.444 e. The van der Waals surface area contributed by atoms with Crippen LogP contribution in [0.1, 0.15) is 73.5 Å². The Bertz CT molecular complexity index is 1460. The molecule has 2 N–H and O–H groups in total. The SMILES string of the molecule is Cc1cccc(C(C(=O)Nc2c(C)cccc2C)N(C(=O)C(Cc2ccccc2)NC(=O)OC(C)(C)C)C2CC2C)c1C. The van der Waals surface area contributed by atoms with Gasteiger partial charge in [-0.25, -0.2) is 4.79 Å². The standard InChI is InChI=1S/C36H45N3O4/c1-22-14-13-19-28(26(22)5)32(33(40)38-31-23(2)15-12-16-24(31)3)39(30-20-25(30)4)34(41)29(21-27-17-10-9-11-18-27)37-35(42)43-36(6,7)8/h9-19,25,29-30,32H,20-21H2,1-8H3,(H,37,42)(H,38,40). The number of hydrogen-bond acceptors (Lipinski definition) is 4. The van der Waals surface area contributed by atoms with Gasteiger partial charge in [0.2, 0.25) is 5.91 Å². The topological polar surface area (TPSA) is 87.7 Å². The van der Waals surface area contributed by atoms with Gasteiger partial charge >= 0.3 is 6.09 Å². The zero-order valence-electron chi connectivity index (χ0n) is 26.7.